The molecule has 0 spiro atoms. The molecule has 0 saturated heterocycles. The third kappa shape index (κ3) is 5.12. The van der Waals surface area contributed by atoms with Crippen LogP contribution in [0.3, 0.4) is 0 Å². The second-order valence-corrected chi connectivity index (χ2v) is 5.42. The summed E-state index contributed by atoms with van der Waals surface area (Å²) in [4.78, 5) is 0. The van der Waals surface area contributed by atoms with Gasteiger partial charge in [0.2, 0.25) is 0 Å². The van der Waals surface area contributed by atoms with Crippen LogP contribution in [0.1, 0.15) is 49.3 Å². The number of hydrogen-bond acceptors (Lipinski definition) is 1. The third-order valence-corrected chi connectivity index (χ3v) is 3.25. The Morgan fingerprint density at radius 2 is 1.80 bits per heavy atom. The molecule has 0 aliphatic carbocycles. The molecule has 0 saturated carbocycles. The molecule has 0 heterocycles. The van der Waals surface area contributed by atoms with E-state index in [1.807, 2.05) is 13.8 Å². The molecule has 1 nitrogen and oxygen atoms in total. The van der Waals surface area contributed by atoms with E-state index >= 15 is 0 Å². The number of rotatable bonds is 6. The highest BCUT2D eigenvalue weighted by Crippen LogP contribution is 2.32. The Labute approximate surface area is 117 Å². The summed E-state index contributed by atoms with van der Waals surface area (Å²) in [5.41, 5.74) is 6.15. The summed E-state index contributed by atoms with van der Waals surface area (Å²) in [7, 11) is 0. The first kappa shape index (κ1) is 17.0. The SMILES string of the molecule is CC(C)c1cc(CCC[C@@H](N)CF)cc(C(F)(F)F)c1. The number of alkyl halides is 4. The number of nitrogens with two attached hydrogens (primary N) is 1. The van der Waals surface area contributed by atoms with Gasteiger partial charge in [-0.2, -0.15) is 13.2 Å². The zero-order chi connectivity index (χ0) is 15.3. The molecule has 1 aromatic rings. The molecule has 1 aromatic carbocycles. The van der Waals surface area contributed by atoms with E-state index in [0.717, 1.165) is 0 Å². The monoisotopic (exact) mass is 291 g/mol. The first-order valence-electron chi connectivity index (χ1n) is 6.76. The minimum Gasteiger partial charge on any atom is -0.325 e. The maximum atomic E-state index is 12.8. The number of benzene rings is 1. The van der Waals surface area contributed by atoms with Crippen molar-refractivity contribution >= 4 is 0 Å². The Bertz CT molecular complexity index is 426. The first-order valence-corrected chi connectivity index (χ1v) is 6.76. The van der Waals surface area contributed by atoms with Crippen molar-refractivity contribution < 1.29 is 17.6 Å². The fourth-order valence-electron chi connectivity index (χ4n) is 2.01. The molecule has 0 bridgehead atoms. The predicted molar refractivity (Wildman–Crippen MR) is 72.4 cm³/mol. The lowest BCUT2D eigenvalue weighted by atomic mass is 9.95. The van der Waals surface area contributed by atoms with Gasteiger partial charge in [0, 0.05) is 6.04 Å². The summed E-state index contributed by atoms with van der Waals surface area (Å²) >= 11 is 0. The molecule has 0 aromatic heterocycles. The first-order chi connectivity index (χ1) is 9.24. The van der Waals surface area contributed by atoms with Crippen LogP contribution in [0, 0.1) is 0 Å². The average Bonchev–Trinajstić information content (AvgIpc) is 2.37. The Morgan fingerprint density at radius 1 is 1.15 bits per heavy atom. The molecule has 0 aliphatic heterocycles. The van der Waals surface area contributed by atoms with E-state index in [0.29, 0.717) is 30.4 Å². The van der Waals surface area contributed by atoms with Gasteiger partial charge in [-0.1, -0.05) is 19.9 Å². The van der Waals surface area contributed by atoms with Crippen molar-refractivity contribution in [1.82, 2.24) is 0 Å². The zero-order valence-corrected chi connectivity index (χ0v) is 11.8. The zero-order valence-electron chi connectivity index (χ0n) is 11.8. The van der Waals surface area contributed by atoms with Crippen molar-refractivity contribution in [3.05, 3.63) is 34.9 Å². The van der Waals surface area contributed by atoms with Gasteiger partial charge in [-0.3, -0.25) is 0 Å². The van der Waals surface area contributed by atoms with Gasteiger partial charge in [0.05, 0.1) is 5.56 Å². The Balaban J connectivity index is 2.87. The summed E-state index contributed by atoms with van der Waals surface area (Å²) in [6.45, 7) is 3.12. The van der Waals surface area contributed by atoms with E-state index in [4.69, 9.17) is 5.73 Å². The van der Waals surface area contributed by atoms with E-state index in [2.05, 4.69) is 0 Å². The number of hydrogen-bond donors (Lipinski definition) is 1. The number of aryl methyl sites for hydroxylation is 1. The van der Waals surface area contributed by atoms with Gasteiger partial charge < -0.3 is 5.73 Å². The van der Waals surface area contributed by atoms with Crippen molar-refractivity contribution in [2.24, 2.45) is 5.73 Å². The van der Waals surface area contributed by atoms with E-state index in [1.54, 1.807) is 6.07 Å². The fraction of sp³-hybridized carbons (Fsp3) is 0.600. The van der Waals surface area contributed by atoms with Crippen LogP contribution in [-0.2, 0) is 12.6 Å². The van der Waals surface area contributed by atoms with Crippen LogP contribution in [0.15, 0.2) is 18.2 Å². The van der Waals surface area contributed by atoms with E-state index in [-0.39, 0.29) is 5.92 Å². The average molecular weight is 291 g/mol. The van der Waals surface area contributed by atoms with Gasteiger partial charge in [-0.05, 0) is 48.4 Å². The largest absolute Gasteiger partial charge is 0.416 e. The second kappa shape index (κ2) is 7.07. The third-order valence-electron chi connectivity index (χ3n) is 3.25. The summed E-state index contributed by atoms with van der Waals surface area (Å²) < 4.78 is 50.8. The minimum absolute atomic E-state index is 0.0316. The smallest absolute Gasteiger partial charge is 0.325 e. The van der Waals surface area contributed by atoms with Crippen molar-refractivity contribution in [3.63, 3.8) is 0 Å². The van der Waals surface area contributed by atoms with E-state index in [9.17, 15) is 17.6 Å². The second-order valence-electron chi connectivity index (χ2n) is 5.42. The van der Waals surface area contributed by atoms with Gasteiger partial charge in [0.15, 0.2) is 0 Å². The van der Waals surface area contributed by atoms with Crippen LogP contribution >= 0.6 is 0 Å². The van der Waals surface area contributed by atoms with Crippen molar-refractivity contribution in [2.45, 2.75) is 51.2 Å². The Morgan fingerprint density at radius 3 is 2.30 bits per heavy atom. The highest BCUT2D eigenvalue weighted by Gasteiger charge is 2.31. The molecule has 20 heavy (non-hydrogen) atoms. The molecular formula is C15H21F4N. The van der Waals surface area contributed by atoms with Gasteiger partial charge in [0.1, 0.15) is 6.67 Å². The van der Waals surface area contributed by atoms with Crippen molar-refractivity contribution in [2.75, 3.05) is 6.67 Å². The molecule has 0 radical (unpaired) electrons. The summed E-state index contributed by atoms with van der Waals surface area (Å²) in [5.74, 6) is 0.0316. The lowest BCUT2D eigenvalue weighted by Crippen LogP contribution is -2.22. The lowest BCUT2D eigenvalue weighted by molar-refractivity contribution is -0.137. The summed E-state index contributed by atoms with van der Waals surface area (Å²) in [6.07, 6.45) is -2.79. The molecule has 5 heteroatoms. The lowest BCUT2D eigenvalue weighted by Gasteiger charge is -2.14. The summed E-state index contributed by atoms with van der Waals surface area (Å²) in [5, 5.41) is 0. The Kier molecular flexibility index (Phi) is 5.99. The number of halogens is 4. The normalized spacial score (nSPS) is 13.8. The maximum absolute atomic E-state index is 12.8. The van der Waals surface area contributed by atoms with Crippen LogP contribution in [0.2, 0.25) is 0 Å². The van der Waals surface area contributed by atoms with Gasteiger partial charge in [0.25, 0.3) is 0 Å². The molecular weight excluding hydrogens is 270 g/mol. The predicted octanol–water partition coefficient (Wildman–Crippen LogP) is 4.45. The molecule has 2 N–H and O–H groups in total. The topological polar surface area (TPSA) is 26.0 Å². The fourth-order valence-corrected chi connectivity index (χ4v) is 2.01. The van der Waals surface area contributed by atoms with Crippen LogP contribution < -0.4 is 5.73 Å². The molecule has 0 aliphatic rings. The van der Waals surface area contributed by atoms with Crippen LogP contribution in [-0.4, -0.2) is 12.7 Å². The minimum atomic E-state index is -4.34. The molecule has 0 fully saturated rings. The Hall–Kier alpha value is -1.10. The van der Waals surface area contributed by atoms with Crippen LogP contribution in [0.5, 0.6) is 0 Å². The van der Waals surface area contributed by atoms with E-state index < -0.39 is 24.5 Å². The quantitative estimate of drug-likeness (QED) is 0.770. The van der Waals surface area contributed by atoms with Gasteiger partial charge in [-0.25, -0.2) is 4.39 Å². The van der Waals surface area contributed by atoms with Gasteiger partial charge >= 0.3 is 6.18 Å². The van der Waals surface area contributed by atoms with E-state index in [1.165, 1.54) is 12.1 Å². The standard InChI is InChI=1S/C15H21F4N/c1-10(2)12-6-11(4-3-5-14(20)9-16)7-13(8-12)15(17,18)19/h6-8,10,14H,3-5,9,20H2,1-2H3/t14-/m1/s1. The molecule has 1 rings (SSSR count). The molecule has 1 atom stereocenters. The molecule has 0 amide bonds. The van der Waals surface area contributed by atoms with Gasteiger partial charge in [-0.15, -0.1) is 0 Å². The van der Waals surface area contributed by atoms with Crippen molar-refractivity contribution in [3.8, 4) is 0 Å². The van der Waals surface area contributed by atoms with Crippen LogP contribution in [0.25, 0.3) is 0 Å². The maximum Gasteiger partial charge on any atom is 0.416 e. The molecule has 114 valence electrons. The highest BCUT2D eigenvalue weighted by molar-refractivity contribution is 5.33. The van der Waals surface area contributed by atoms with Crippen LogP contribution in [0.4, 0.5) is 17.6 Å². The summed E-state index contributed by atoms with van der Waals surface area (Å²) in [6, 6.07) is 3.64. The van der Waals surface area contributed by atoms with Crippen molar-refractivity contribution in [1.29, 1.82) is 0 Å². The molecule has 0 unspecified atom stereocenters. The highest BCUT2D eigenvalue weighted by atomic mass is 19.4.